The Kier molecular flexibility index (Phi) is 5.94. The number of hydrogen-bond acceptors (Lipinski definition) is 5. The van der Waals surface area contributed by atoms with Crippen LogP contribution in [0.5, 0.6) is 0 Å². The van der Waals surface area contributed by atoms with Crippen molar-refractivity contribution < 1.29 is 22.7 Å². The van der Waals surface area contributed by atoms with Crippen LogP contribution in [0.3, 0.4) is 0 Å². The second kappa shape index (κ2) is 7.03. The molecule has 1 rings (SSSR count). The minimum absolute atomic E-state index is 0.0234. The highest BCUT2D eigenvalue weighted by Crippen LogP contribution is 2.23. The summed E-state index contributed by atoms with van der Waals surface area (Å²) in [5.41, 5.74) is 0.108. The van der Waals surface area contributed by atoms with Gasteiger partial charge in [0.1, 0.15) is 4.90 Å². The first-order chi connectivity index (χ1) is 9.31. The van der Waals surface area contributed by atoms with Gasteiger partial charge in [0.05, 0.1) is 23.8 Å². The summed E-state index contributed by atoms with van der Waals surface area (Å²) in [7, 11) is -1.14. The maximum Gasteiger partial charge on any atom is 0.337 e. The molecule has 0 saturated carbocycles. The zero-order valence-corrected chi connectivity index (χ0v) is 12.9. The Hall–Kier alpha value is -1.15. The Morgan fingerprint density at radius 1 is 1.40 bits per heavy atom. The quantitative estimate of drug-likeness (QED) is 0.802. The standard InChI is InChI=1S/C12H16ClNO5S/c1-8(18-2)7-14-20(16,17)11-6-9(12(15)19-3)4-5-10(11)13/h4-6,8,14H,7H2,1-3H3. The number of esters is 1. The van der Waals surface area contributed by atoms with E-state index in [1.165, 1.54) is 32.4 Å². The molecule has 112 valence electrons. The normalized spacial score (nSPS) is 13.0. The molecule has 1 N–H and O–H groups in total. The number of carbonyl (C=O) groups excluding carboxylic acids is 1. The van der Waals surface area contributed by atoms with Crippen molar-refractivity contribution >= 4 is 27.6 Å². The summed E-state index contributed by atoms with van der Waals surface area (Å²) < 4.78 is 36.1. The van der Waals surface area contributed by atoms with Crippen molar-refractivity contribution in [3.8, 4) is 0 Å². The predicted octanol–water partition coefficient (Wildman–Crippen LogP) is 1.44. The van der Waals surface area contributed by atoms with E-state index in [-0.39, 0.29) is 28.1 Å². The first kappa shape index (κ1) is 16.9. The first-order valence-electron chi connectivity index (χ1n) is 5.72. The van der Waals surface area contributed by atoms with Crippen molar-refractivity contribution in [2.24, 2.45) is 0 Å². The number of rotatable bonds is 6. The molecule has 0 heterocycles. The second-order valence-electron chi connectivity index (χ2n) is 4.04. The third-order valence-corrected chi connectivity index (χ3v) is 4.51. The molecule has 0 aliphatic carbocycles. The number of nitrogens with one attached hydrogen (secondary N) is 1. The molecule has 0 amide bonds. The molecule has 1 aromatic carbocycles. The summed E-state index contributed by atoms with van der Waals surface area (Å²) in [6.45, 7) is 1.81. The molecule has 0 spiro atoms. The Morgan fingerprint density at radius 2 is 2.05 bits per heavy atom. The van der Waals surface area contributed by atoms with Gasteiger partial charge in [-0.1, -0.05) is 11.6 Å². The largest absolute Gasteiger partial charge is 0.465 e. The van der Waals surface area contributed by atoms with Gasteiger partial charge in [-0.3, -0.25) is 0 Å². The lowest BCUT2D eigenvalue weighted by Gasteiger charge is -2.12. The van der Waals surface area contributed by atoms with Gasteiger partial charge in [-0.15, -0.1) is 0 Å². The predicted molar refractivity (Wildman–Crippen MR) is 74.5 cm³/mol. The molecule has 20 heavy (non-hydrogen) atoms. The number of ether oxygens (including phenoxy) is 2. The van der Waals surface area contributed by atoms with Crippen LogP contribution < -0.4 is 4.72 Å². The zero-order chi connectivity index (χ0) is 15.3. The van der Waals surface area contributed by atoms with Crippen molar-refractivity contribution in [1.29, 1.82) is 0 Å². The Morgan fingerprint density at radius 3 is 2.60 bits per heavy atom. The Bertz CT molecular complexity index is 588. The third kappa shape index (κ3) is 4.17. The maximum absolute atomic E-state index is 12.1. The Labute approximate surface area is 123 Å². The van der Waals surface area contributed by atoms with E-state index in [0.29, 0.717) is 0 Å². The van der Waals surface area contributed by atoms with E-state index < -0.39 is 16.0 Å². The minimum atomic E-state index is -3.83. The van der Waals surface area contributed by atoms with Gasteiger partial charge in [0, 0.05) is 13.7 Å². The maximum atomic E-state index is 12.1. The van der Waals surface area contributed by atoms with Gasteiger partial charge in [0.25, 0.3) is 0 Å². The third-order valence-electron chi connectivity index (χ3n) is 2.60. The van der Waals surface area contributed by atoms with Crippen LogP contribution in [-0.4, -0.2) is 41.3 Å². The van der Waals surface area contributed by atoms with E-state index in [4.69, 9.17) is 16.3 Å². The van der Waals surface area contributed by atoms with Crippen LogP contribution in [0.2, 0.25) is 5.02 Å². The van der Waals surface area contributed by atoms with Crippen LogP contribution in [0, 0.1) is 0 Å². The fourth-order valence-corrected chi connectivity index (χ4v) is 2.98. The highest BCUT2D eigenvalue weighted by Gasteiger charge is 2.20. The molecule has 8 heteroatoms. The van der Waals surface area contributed by atoms with Gasteiger partial charge < -0.3 is 9.47 Å². The lowest BCUT2D eigenvalue weighted by Crippen LogP contribution is -2.31. The fourth-order valence-electron chi connectivity index (χ4n) is 1.34. The highest BCUT2D eigenvalue weighted by atomic mass is 35.5. The lowest BCUT2D eigenvalue weighted by molar-refractivity contribution is 0.0600. The van der Waals surface area contributed by atoms with Gasteiger partial charge in [-0.25, -0.2) is 17.9 Å². The molecule has 0 aliphatic heterocycles. The monoisotopic (exact) mass is 321 g/mol. The van der Waals surface area contributed by atoms with E-state index in [2.05, 4.69) is 9.46 Å². The molecule has 1 aromatic rings. The van der Waals surface area contributed by atoms with Crippen molar-refractivity contribution in [1.82, 2.24) is 4.72 Å². The molecule has 0 fully saturated rings. The second-order valence-corrected chi connectivity index (χ2v) is 6.18. The molecule has 6 nitrogen and oxygen atoms in total. The summed E-state index contributed by atoms with van der Waals surface area (Å²) in [6, 6.07) is 3.90. The number of benzene rings is 1. The first-order valence-corrected chi connectivity index (χ1v) is 7.58. The van der Waals surface area contributed by atoms with Crippen LogP contribution in [0.4, 0.5) is 0 Å². The summed E-state index contributed by atoms with van der Waals surface area (Å²) in [6.07, 6.45) is -0.285. The van der Waals surface area contributed by atoms with E-state index in [1.54, 1.807) is 6.92 Å². The van der Waals surface area contributed by atoms with E-state index in [9.17, 15) is 13.2 Å². The van der Waals surface area contributed by atoms with Crippen molar-refractivity contribution in [3.63, 3.8) is 0 Å². The number of hydrogen-bond donors (Lipinski definition) is 1. The van der Waals surface area contributed by atoms with Crippen LogP contribution >= 0.6 is 11.6 Å². The number of sulfonamides is 1. The molecule has 0 aromatic heterocycles. The molecule has 0 saturated heterocycles. The summed E-state index contributed by atoms with van der Waals surface area (Å²) in [5.74, 6) is -0.636. The number of methoxy groups -OCH3 is 2. The molecular formula is C12H16ClNO5S. The molecule has 0 radical (unpaired) electrons. The summed E-state index contributed by atoms with van der Waals surface area (Å²) >= 11 is 5.88. The smallest absolute Gasteiger partial charge is 0.337 e. The van der Waals surface area contributed by atoms with Crippen molar-refractivity contribution in [2.45, 2.75) is 17.9 Å². The molecule has 1 unspecified atom stereocenters. The van der Waals surface area contributed by atoms with Crippen LogP contribution in [0.1, 0.15) is 17.3 Å². The molecule has 0 bridgehead atoms. The molecule has 0 aliphatic rings. The van der Waals surface area contributed by atoms with Gasteiger partial charge in [-0.2, -0.15) is 0 Å². The van der Waals surface area contributed by atoms with Crippen LogP contribution in [0.25, 0.3) is 0 Å². The lowest BCUT2D eigenvalue weighted by atomic mass is 10.2. The van der Waals surface area contributed by atoms with Crippen LogP contribution in [-0.2, 0) is 19.5 Å². The van der Waals surface area contributed by atoms with Gasteiger partial charge in [-0.05, 0) is 25.1 Å². The average molecular weight is 322 g/mol. The SMILES string of the molecule is COC(=O)c1ccc(Cl)c(S(=O)(=O)NCC(C)OC)c1. The van der Waals surface area contributed by atoms with Crippen LogP contribution in [0.15, 0.2) is 23.1 Å². The van der Waals surface area contributed by atoms with E-state index in [0.717, 1.165) is 0 Å². The van der Waals surface area contributed by atoms with Gasteiger partial charge in [0.2, 0.25) is 10.0 Å². The molecular weight excluding hydrogens is 306 g/mol. The summed E-state index contributed by atoms with van der Waals surface area (Å²) in [5, 5.41) is 0.0234. The zero-order valence-electron chi connectivity index (χ0n) is 11.3. The highest BCUT2D eigenvalue weighted by molar-refractivity contribution is 7.89. The summed E-state index contributed by atoms with van der Waals surface area (Å²) in [4.78, 5) is 11.2. The average Bonchev–Trinajstić information content (AvgIpc) is 2.44. The minimum Gasteiger partial charge on any atom is -0.465 e. The molecule has 1 atom stereocenters. The van der Waals surface area contributed by atoms with Gasteiger partial charge in [0.15, 0.2) is 0 Å². The van der Waals surface area contributed by atoms with Crippen molar-refractivity contribution in [3.05, 3.63) is 28.8 Å². The fraction of sp³-hybridized carbons (Fsp3) is 0.417. The number of halogens is 1. The van der Waals surface area contributed by atoms with E-state index >= 15 is 0 Å². The van der Waals surface area contributed by atoms with Crippen molar-refractivity contribution in [2.75, 3.05) is 20.8 Å². The number of carbonyl (C=O) groups is 1. The van der Waals surface area contributed by atoms with E-state index in [1.807, 2.05) is 0 Å². The van der Waals surface area contributed by atoms with Gasteiger partial charge >= 0.3 is 5.97 Å². The Balaban J connectivity index is 3.07. The topological polar surface area (TPSA) is 81.7 Å².